The second-order valence-electron chi connectivity index (χ2n) is 3.93. The molecule has 0 fully saturated rings. The summed E-state index contributed by atoms with van der Waals surface area (Å²) in [7, 11) is 3.92. The van der Waals surface area contributed by atoms with Gasteiger partial charge in [0.25, 0.3) is 0 Å². The molecule has 0 spiro atoms. The van der Waals surface area contributed by atoms with E-state index in [0.29, 0.717) is 17.9 Å². The van der Waals surface area contributed by atoms with E-state index in [4.69, 9.17) is 9.84 Å². The molecule has 16 heavy (non-hydrogen) atoms. The van der Waals surface area contributed by atoms with Crippen LogP contribution in [0.1, 0.15) is 15.9 Å². The standard InChI is InChI=1S/C12H17NO3/c1-9-4-5-10(8-11(9)12(14)15)16-7-6-13(2)3/h4-5,8H,6-7H2,1-3H3,(H,14,15). The van der Waals surface area contributed by atoms with Gasteiger partial charge in [-0.15, -0.1) is 0 Å². The van der Waals surface area contributed by atoms with Gasteiger partial charge in [0.15, 0.2) is 0 Å². The van der Waals surface area contributed by atoms with Crippen molar-refractivity contribution in [2.24, 2.45) is 0 Å². The summed E-state index contributed by atoms with van der Waals surface area (Å²) < 4.78 is 5.46. The number of hydrogen-bond donors (Lipinski definition) is 1. The van der Waals surface area contributed by atoms with Crippen molar-refractivity contribution in [3.63, 3.8) is 0 Å². The van der Waals surface area contributed by atoms with Crippen molar-refractivity contribution < 1.29 is 14.6 Å². The van der Waals surface area contributed by atoms with Crippen LogP contribution in [0.4, 0.5) is 0 Å². The third-order valence-corrected chi connectivity index (χ3v) is 2.25. The van der Waals surface area contributed by atoms with Gasteiger partial charge in [0.1, 0.15) is 12.4 Å². The highest BCUT2D eigenvalue weighted by Gasteiger charge is 2.08. The highest BCUT2D eigenvalue weighted by atomic mass is 16.5. The van der Waals surface area contributed by atoms with Crippen LogP contribution in [0, 0.1) is 6.92 Å². The third kappa shape index (κ3) is 3.55. The zero-order chi connectivity index (χ0) is 12.1. The van der Waals surface area contributed by atoms with Crippen LogP contribution in [0.3, 0.4) is 0 Å². The van der Waals surface area contributed by atoms with E-state index in [1.54, 1.807) is 25.1 Å². The number of likely N-dealkylation sites (N-methyl/N-ethyl adjacent to an activating group) is 1. The predicted octanol–water partition coefficient (Wildman–Crippen LogP) is 1.63. The number of aryl methyl sites for hydroxylation is 1. The molecule has 0 heterocycles. The van der Waals surface area contributed by atoms with Crippen molar-refractivity contribution in [2.75, 3.05) is 27.2 Å². The first-order valence-electron chi connectivity index (χ1n) is 5.12. The fraction of sp³-hybridized carbons (Fsp3) is 0.417. The lowest BCUT2D eigenvalue weighted by atomic mass is 10.1. The number of hydrogen-bond acceptors (Lipinski definition) is 3. The molecule has 1 N–H and O–H groups in total. The lowest BCUT2D eigenvalue weighted by Gasteiger charge is -2.11. The minimum absolute atomic E-state index is 0.294. The second-order valence-corrected chi connectivity index (χ2v) is 3.93. The molecule has 0 radical (unpaired) electrons. The average Bonchev–Trinajstić information content (AvgIpc) is 2.19. The first-order valence-corrected chi connectivity index (χ1v) is 5.12. The van der Waals surface area contributed by atoms with Crippen LogP contribution >= 0.6 is 0 Å². The first-order chi connectivity index (χ1) is 7.50. The maximum atomic E-state index is 10.9. The summed E-state index contributed by atoms with van der Waals surface area (Å²) in [5, 5.41) is 8.94. The SMILES string of the molecule is Cc1ccc(OCCN(C)C)cc1C(=O)O. The molecule has 0 aliphatic heterocycles. The fourth-order valence-corrected chi connectivity index (χ4v) is 1.27. The molecule has 1 aromatic carbocycles. The van der Waals surface area contributed by atoms with Crippen LogP contribution in [-0.4, -0.2) is 43.2 Å². The summed E-state index contributed by atoms with van der Waals surface area (Å²) >= 11 is 0. The molecular formula is C12H17NO3. The third-order valence-electron chi connectivity index (χ3n) is 2.25. The Bertz CT molecular complexity index is 375. The van der Waals surface area contributed by atoms with Crippen molar-refractivity contribution in [3.05, 3.63) is 29.3 Å². The fourth-order valence-electron chi connectivity index (χ4n) is 1.27. The van der Waals surface area contributed by atoms with E-state index in [1.165, 1.54) is 0 Å². The number of carboxylic acids is 1. The molecule has 0 aromatic heterocycles. The van der Waals surface area contributed by atoms with Crippen LogP contribution in [-0.2, 0) is 0 Å². The van der Waals surface area contributed by atoms with E-state index in [9.17, 15) is 4.79 Å². The van der Waals surface area contributed by atoms with Gasteiger partial charge in [-0.25, -0.2) is 4.79 Å². The monoisotopic (exact) mass is 223 g/mol. The normalized spacial score (nSPS) is 10.5. The Kier molecular flexibility index (Phi) is 4.31. The van der Waals surface area contributed by atoms with Crippen molar-refractivity contribution in [1.29, 1.82) is 0 Å². The van der Waals surface area contributed by atoms with Gasteiger partial charge in [-0.1, -0.05) is 6.07 Å². The van der Waals surface area contributed by atoms with E-state index in [-0.39, 0.29) is 0 Å². The van der Waals surface area contributed by atoms with Gasteiger partial charge in [0, 0.05) is 6.54 Å². The van der Waals surface area contributed by atoms with Crippen LogP contribution in [0.15, 0.2) is 18.2 Å². The molecule has 1 rings (SSSR count). The number of ether oxygens (including phenoxy) is 1. The highest BCUT2D eigenvalue weighted by molar-refractivity contribution is 5.89. The molecule has 0 aliphatic carbocycles. The average molecular weight is 223 g/mol. The van der Waals surface area contributed by atoms with Gasteiger partial charge in [-0.05, 0) is 38.7 Å². The molecule has 0 bridgehead atoms. The van der Waals surface area contributed by atoms with E-state index < -0.39 is 5.97 Å². The van der Waals surface area contributed by atoms with Crippen molar-refractivity contribution in [3.8, 4) is 5.75 Å². The Morgan fingerprint density at radius 1 is 1.44 bits per heavy atom. The molecule has 0 unspecified atom stereocenters. The Balaban J connectivity index is 2.68. The van der Waals surface area contributed by atoms with Gasteiger partial charge >= 0.3 is 5.97 Å². The molecule has 0 aliphatic rings. The Morgan fingerprint density at radius 2 is 2.12 bits per heavy atom. The molecule has 0 amide bonds. The van der Waals surface area contributed by atoms with Gasteiger partial charge in [0.2, 0.25) is 0 Å². The Morgan fingerprint density at radius 3 is 2.69 bits per heavy atom. The topological polar surface area (TPSA) is 49.8 Å². The molecule has 4 heteroatoms. The summed E-state index contributed by atoms with van der Waals surface area (Å²) in [6.07, 6.45) is 0. The highest BCUT2D eigenvalue weighted by Crippen LogP contribution is 2.17. The predicted molar refractivity (Wildman–Crippen MR) is 62.2 cm³/mol. The number of rotatable bonds is 5. The summed E-state index contributed by atoms with van der Waals surface area (Å²) in [4.78, 5) is 12.9. The largest absolute Gasteiger partial charge is 0.492 e. The van der Waals surface area contributed by atoms with Gasteiger partial charge in [-0.3, -0.25) is 0 Å². The summed E-state index contributed by atoms with van der Waals surface area (Å²) in [6, 6.07) is 5.11. The number of carbonyl (C=O) groups is 1. The summed E-state index contributed by atoms with van der Waals surface area (Å²) in [5.74, 6) is -0.319. The van der Waals surface area contributed by atoms with E-state index in [0.717, 1.165) is 12.1 Å². The second kappa shape index (κ2) is 5.51. The van der Waals surface area contributed by atoms with Crippen molar-refractivity contribution in [2.45, 2.75) is 6.92 Å². The smallest absolute Gasteiger partial charge is 0.336 e. The minimum Gasteiger partial charge on any atom is -0.492 e. The summed E-state index contributed by atoms with van der Waals surface area (Å²) in [5.41, 5.74) is 1.04. The first kappa shape index (κ1) is 12.5. The van der Waals surface area contributed by atoms with Gasteiger partial charge in [0.05, 0.1) is 5.56 Å². The zero-order valence-electron chi connectivity index (χ0n) is 9.86. The number of aromatic carboxylic acids is 1. The maximum absolute atomic E-state index is 10.9. The maximum Gasteiger partial charge on any atom is 0.336 e. The minimum atomic E-state index is -0.921. The van der Waals surface area contributed by atoms with Crippen LogP contribution in [0.5, 0.6) is 5.75 Å². The van der Waals surface area contributed by atoms with Gasteiger partial charge < -0.3 is 14.7 Å². The van der Waals surface area contributed by atoms with Crippen molar-refractivity contribution in [1.82, 2.24) is 4.90 Å². The molecule has 0 saturated carbocycles. The van der Waals surface area contributed by atoms with Crippen molar-refractivity contribution >= 4 is 5.97 Å². The van der Waals surface area contributed by atoms with Gasteiger partial charge in [-0.2, -0.15) is 0 Å². The summed E-state index contributed by atoms with van der Waals surface area (Å²) in [6.45, 7) is 3.12. The molecule has 0 atom stereocenters. The molecule has 4 nitrogen and oxygen atoms in total. The molecule has 0 saturated heterocycles. The Labute approximate surface area is 95.5 Å². The van der Waals surface area contributed by atoms with Crippen LogP contribution < -0.4 is 4.74 Å². The molecule has 1 aromatic rings. The van der Waals surface area contributed by atoms with E-state index in [1.807, 2.05) is 19.0 Å². The lowest BCUT2D eigenvalue weighted by Crippen LogP contribution is -2.19. The number of benzene rings is 1. The molecule has 88 valence electrons. The number of nitrogens with zero attached hydrogens (tertiary/aromatic N) is 1. The number of carboxylic acid groups (broad SMARTS) is 1. The quantitative estimate of drug-likeness (QED) is 0.824. The lowest BCUT2D eigenvalue weighted by molar-refractivity contribution is 0.0695. The van der Waals surface area contributed by atoms with E-state index >= 15 is 0 Å². The van der Waals surface area contributed by atoms with Crippen LogP contribution in [0.2, 0.25) is 0 Å². The van der Waals surface area contributed by atoms with E-state index in [2.05, 4.69) is 0 Å². The Hall–Kier alpha value is -1.55. The van der Waals surface area contributed by atoms with Crippen LogP contribution in [0.25, 0.3) is 0 Å². The molecular weight excluding hydrogens is 206 g/mol. The zero-order valence-corrected chi connectivity index (χ0v) is 9.86.